The van der Waals surface area contributed by atoms with Gasteiger partial charge in [0, 0.05) is 17.5 Å². The van der Waals surface area contributed by atoms with E-state index in [-0.39, 0.29) is 18.0 Å². The summed E-state index contributed by atoms with van der Waals surface area (Å²) in [5.41, 5.74) is 3.23. The quantitative estimate of drug-likeness (QED) is 0.855. The van der Waals surface area contributed by atoms with E-state index in [1.165, 1.54) is 7.11 Å². The standard InChI is InChI=1S/C19H18O5/c1-11-3-5-12(6-4-11)17(22)16-18(23-2)14(10-15(20)21)9-13-7-8-24-19(13)16/h3-6,9H,7-8,10H2,1-2H3,(H,20,21). The van der Waals surface area contributed by atoms with Crippen molar-refractivity contribution in [2.45, 2.75) is 19.8 Å². The summed E-state index contributed by atoms with van der Waals surface area (Å²) in [7, 11) is 1.44. The predicted molar refractivity (Wildman–Crippen MR) is 88.1 cm³/mol. The molecular weight excluding hydrogens is 308 g/mol. The predicted octanol–water partition coefficient (Wildman–Crippen LogP) is 2.80. The fraction of sp³-hybridized carbons (Fsp3) is 0.263. The minimum absolute atomic E-state index is 0.204. The monoisotopic (exact) mass is 326 g/mol. The molecule has 0 amide bonds. The number of benzene rings is 2. The van der Waals surface area contributed by atoms with Gasteiger partial charge < -0.3 is 14.6 Å². The van der Waals surface area contributed by atoms with Crippen molar-refractivity contribution < 1.29 is 24.2 Å². The Hall–Kier alpha value is -2.82. The average Bonchev–Trinajstić information content (AvgIpc) is 3.01. The molecule has 124 valence electrons. The molecule has 5 nitrogen and oxygen atoms in total. The molecular formula is C19H18O5. The van der Waals surface area contributed by atoms with E-state index in [0.29, 0.717) is 35.5 Å². The van der Waals surface area contributed by atoms with Gasteiger partial charge >= 0.3 is 5.97 Å². The van der Waals surface area contributed by atoms with Crippen LogP contribution in [0.25, 0.3) is 0 Å². The zero-order chi connectivity index (χ0) is 17.3. The molecule has 0 fully saturated rings. The third-order valence-corrected chi connectivity index (χ3v) is 4.09. The Bertz CT molecular complexity index is 805. The first-order valence-electron chi connectivity index (χ1n) is 7.70. The molecule has 0 saturated heterocycles. The molecule has 2 aromatic carbocycles. The van der Waals surface area contributed by atoms with Gasteiger partial charge in [-0.05, 0) is 18.6 Å². The number of rotatable bonds is 5. The molecule has 0 saturated carbocycles. The Balaban J connectivity index is 2.17. The first-order chi connectivity index (χ1) is 11.5. The van der Waals surface area contributed by atoms with Crippen molar-refractivity contribution >= 4 is 11.8 Å². The van der Waals surface area contributed by atoms with E-state index in [1.54, 1.807) is 18.2 Å². The molecule has 1 aliphatic rings. The Morgan fingerprint density at radius 1 is 1.25 bits per heavy atom. The van der Waals surface area contributed by atoms with Crippen LogP contribution in [0.5, 0.6) is 11.5 Å². The fourth-order valence-corrected chi connectivity index (χ4v) is 2.96. The van der Waals surface area contributed by atoms with Gasteiger partial charge in [0.2, 0.25) is 5.78 Å². The summed E-state index contributed by atoms with van der Waals surface area (Å²) in [5, 5.41) is 9.14. The second kappa shape index (κ2) is 6.35. The van der Waals surface area contributed by atoms with Crippen LogP contribution in [0, 0.1) is 6.92 Å². The highest BCUT2D eigenvalue weighted by molar-refractivity contribution is 6.13. The molecule has 0 bridgehead atoms. The van der Waals surface area contributed by atoms with Crippen molar-refractivity contribution in [3.63, 3.8) is 0 Å². The van der Waals surface area contributed by atoms with Crippen molar-refractivity contribution in [1.82, 2.24) is 0 Å². The summed E-state index contributed by atoms with van der Waals surface area (Å²) < 4.78 is 11.1. The molecule has 5 heteroatoms. The maximum atomic E-state index is 13.0. The number of methoxy groups -OCH3 is 1. The summed E-state index contributed by atoms with van der Waals surface area (Å²) in [6.07, 6.45) is 0.449. The van der Waals surface area contributed by atoms with Crippen molar-refractivity contribution in [2.75, 3.05) is 13.7 Å². The molecule has 0 radical (unpaired) electrons. The number of ether oxygens (including phenoxy) is 2. The van der Waals surface area contributed by atoms with Crippen LogP contribution >= 0.6 is 0 Å². The summed E-state index contributed by atoms with van der Waals surface area (Å²) in [5.74, 6) is -0.409. The summed E-state index contributed by atoms with van der Waals surface area (Å²) in [4.78, 5) is 24.2. The molecule has 0 aliphatic carbocycles. The van der Waals surface area contributed by atoms with E-state index in [1.807, 2.05) is 19.1 Å². The van der Waals surface area contributed by atoms with Gasteiger partial charge in [-0.1, -0.05) is 29.8 Å². The highest BCUT2D eigenvalue weighted by Gasteiger charge is 2.29. The zero-order valence-corrected chi connectivity index (χ0v) is 13.6. The van der Waals surface area contributed by atoms with E-state index in [0.717, 1.165) is 11.1 Å². The molecule has 24 heavy (non-hydrogen) atoms. The van der Waals surface area contributed by atoms with E-state index in [9.17, 15) is 9.59 Å². The average molecular weight is 326 g/mol. The van der Waals surface area contributed by atoms with Crippen LogP contribution in [0.4, 0.5) is 0 Å². The second-order valence-corrected chi connectivity index (χ2v) is 5.80. The number of aryl methyl sites for hydroxylation is 1. The van der Waals surface area contributed by atoms with Gasteiger partial charge in [-0.25, -0.2) is 0 Å². The van der Waals surface area contributed by atoms with E-state index < -0.39 is 5.97 Å². The minimum atomic E-state index is -0.971. The van der Waals surface area contributed by atoms with Crippen molar-refractivity contribution in [3.8, 4) is 11.5 Å². The molecule has 0 aromatic heterocycles. The molecule has 1 N–H and O–H groups in total. The molecule has 0 spiro atoms. The number of ketones is 1. The Kier molecular flexibility index (Phi) is 4.25. The Labute approximate surface area is 139 Å². The highest BCUT2D eigenvalue weighted by atomic mass is 16.5. The number of carboxylic acid groups (broad SMARTS) is 1. The fourth-order valence-electron chi connectivity index (χ4n) is 2.96. The SMILES string of the molecule is COc1c(CC(=O)O)cc2c(c1C(=O)c1ccc(C)cc1)OCC2. The van der Waals surface area contributed by atoms with Crippen molar-refractivity contribution in [2.24, 2.45) is 0 Å². The number of carbonyl (C=O) groups excluding carboxylic acids is 1. The van der Waals surface area contributed by atoms with Gasteiger partial charge in [0.25, 0.3) is 0 Å². The van der Waals surface area contributed by atoms with Crippen LogP contribution in [0.3, 0.4) is 0 Å². The number of hydrogen-bond donors (Lipinski definition) is 1. The van der Waals surface area contributed by atoms with Crippen molar-refractivity contribution in [3.05, 3.63) is 58.1 Å². The maximum Gasteiger partial charge on any atom is 0.307 e. The number of carboxylic acids is 1. The van der Waals surface area contributed by atoms with E-state index in [4.69, 9.17) is 14.6 Å². The van der Waals surface area contributed by atoms with Crippen LogP contribution in [-0.4, -0.2) is 30.6 Å². The number of fused-ring (bicyclic) bond motifs is 1. The largest absolute Gasteiger partial charge is 0.496 e. The minimum Gasteiger partial charge on any atom is -0.496 e. The van der Waals surface area contributed by atoms with E-state index >= 15 is 0 Å². The van der Waals surface area contributed by atoms with Crippen LogP contribution in [0.2, 0.25) is 0 Å². The molecule has 1 heterocycles. The van der Waals surface area contributed by atoms with Gasteiger partial charge in [0.05, 0.1) is 20.1 Å². The van der Waals surface area contributed by atoms with Gasteiger partial charge in [-0.3, -0.25) is 9.59 Å². The lowest BCUT2D eigenvalue weighted by Crippen LogP contribution is -2.10. The molecule has 2 aromatic rings. The Morgan fingerprint density at radius 3 is 2.58 bits per heavy atom. The lowest BCUT2D eigenvalue weighted by Gasteiger charge is -2.16. The maximum absolute atomic E-state index is 13.0. The lowest BCUT2D eigenvalue weighted by molar-refractivity contribution is -0.136. The summed E-state index contributed by atoms with van der Waals surface area (Å²) in [6, 6.07) is 9.00. The lowest BCUT2D eigenvalue weighted by atomic mass is 9.94. The van der Waals surface area contributed by atoms with Crippen LogP contribution < -0.4 is 9.47 Å². The van der Waals surface area contributed by atoms with Gasteiger partial charge in [0.1, 0.15) is 17.1 Å². The smallest absolute Gasteiger partial charge is 0.307 e. The zero-order valence-electron chi connectivity index (χ0n) is 13.6. The third kappa shape index (κ3) is 2.85. The number of carbonyl (C=O) groups is 2. The molecule has 0 unspecified atom stereocenters. The normalized spacial score (nSPS) is 12.4. The van der Waals surface area contributed by atoms with Crippen LogP contribution in [0.1, 0.15) is 32.6 Å². The molecule has 0 atom stereocenters. The summed E-state index contributed by atoms with van der Waals surface area (Å²) in [6.45, 7) is 2.42. The van der Waals surface area contributed by atoms with E-state index in [2.05, 4.69) is 0 Å². The molecule has 3 rings (SSSR count). The topological polar surface area (TPSA) is 72.8 Å². The first-order valence-corrected chi connectivity index (χ1v) is 7.70. The molecule has 1 aliphatic heterocycles. The van der Waals surface area contributed by atoms with Gasteiger partial charge in [-0.2, -0.15) is 0 Å². The highest BCUT2D eigenvalue weighted by Crippen LogP contribution is 2.40. The second-order valence-electron chi connectivity index (χ2n) is 5.80. The van der Waals surface area contributed by atoms with Gasteiger partial charge in [-0.15, -0.1) is 0 Å². The summed E-state index contributed by atoms with van der Waals surface area (Å²) >= 11 is 0. The Morgan fingerprint density at radius 2 is 1.96 bits per heavy atom. The first kappa shape index (κ1) is 16.1. The van der Waals surface area contributed by atoms with Crippen LogP contribution in [0.15, 0.2) is 30.3 Å². The van der Waals surface area contributed by atoms with Gasteiger partial charge in [0.15, 0.2) is 0 Å². The number of hydrogen-bond acceptors (Lipinski definition) is 4. The van der Waals surface area contributed by atoms with Crippen molar-refractivity contribution in [1.29, 1.82) is 0 Å². The van der Waals surface area contributed by atoms with Crippen LogP contribution in [-0.2, 0) is 17.6 Å². The number of aliphatic carboxylic acids is 1. The third-order valence-electron chi connectivity index (χ3n) is 4.09.